The molecule has 24 heavy (non-hydrogen) atoms. The molecule has 0 bridgehead atoms. The number of hydrogen-bond donors (Lipinski definition) is 1. The van der Waals surface area contributed by atoms with E-state index in [4.69, 9.17) is 14.2 Å². The molecular weight excluding hydrogens is 310 g/mol. The quantitative estimate of drug-likeness (QED) is 0.701. The summed E-state index contributed by atoms with van der Waals surface area (Å²) < 4.78 is 16.0. The summed E-state index contributed by atoms with van der Waals surface area (Å²) in [7, 11) is 0. The Kier molecular flexibility index (Phi) is 8.09. The van der Waals surface area contributed by atoms with Crippen molar-refractivity contribution < 1.29 is 23.8 Å². The van der Waals surface area contributed by atoms with Crippen LogP contribution in [0.15, 0.2) is 18.2 Å². The first-order valence-electron chi connectivity index (χ1n) is 8.25. The van der Waals surface area contributed by atoms with Crippen molar-refractivity contribution in [3.63, 3.8) is 0 Å². The molecule has 1 aromatic rings. The van der Waals surface area contributed by atoms with Crippen molar-refractivity contribution >= 4 is 11.9 Å². The van der Waals surface area contributed by atoms with Crippen LogP contribution in [-0.4, -0.2) is 37.7 Å². The monoisotopic (exact) mass is 337 g/mol. The molecule has 0 saturated carbocycles. The number of nitrogens with one attached hydrogen (secondary N) is 1. The fraction of sp³-hybridized carbons (Fsp3) is 0.556. The molecule has 134 valence electrons. The van der Waals surface area contributed by atoms with E-state index in [0.717, 1.165) is 0 Å². The van der Waals surface area contributed by atoms with Crippen LogP contribution >= 0.6 is 0 Å². The standard InChI is InChI=1S/C18H27NO5/c1-6-22-15-9-8-14(10-16(15)23-7-2)18(21)24-11-17(20)19-13(5)12(3)4/h8-10,12-13H,6-7,11H2,1-5H3,(H,19,20)/t13-/m1/s1. The van der Waals surface area contributed by atoms with E-state index in [1.54, 1.807) is 18.2 Å². The minimum atomic E-state index is -0.577. The van der Waals surface area contributed by atoms with Crippen LogP contribution in [0.2, 0.25) is 0 Å². The van der Waals surface area contributed by atoms with E-state index in [9.17, 15) is 9.59 Å². The van der Waals surface area contributed by atoms with Gasteiger partial charge in [-0.05, 0) is 44.9 Å². The van der Waals surface area contributed by atoms with Crippen molar-refractivity contribution in [2.45, 2.75) is 40.7 Å². The molecule has 0 radical (unpaired) electrons. The lowest BCUT2D eigenvalue weighted by atomic mass is 10.1. The van der Waals surface area contributed by atoms with Crippen molar-refractivity contribution in [3.8, 4) is 11.5 Å². The van der Waals surface area contributed by atoms with E-state index in [2.05, 4.69) is 5.32 Å². The molecule has 0 unspecified atom stereocenters. The van der Waals surface area contributed by atoms with Crippen molar-refractivity contribution in [3.05, 3.63) is 23.8 Å². The van der Waals surface area contributed by atoms with Crippen molar-refractivity contribution in [2.24, 2.45) is 5.92 Å². The molecule has 6 heteroatoms. The third-order valence-electron chi connectivity index (χ3n) is 3.50. The molecule has 1 N–H and O–H groups in total. The Labute approximate surface area is 143 Å². The van der Waals surface area contributed by atoms with Gasteiger partial charge in [0.15, 0.2) is 18.1 Å². The first kappa shape index (κ1) is 19.8. The van der Waals surface area contributed by atoms with E-state index in [1.165, 1.54) is 0 Å². The molecule has 0 saturated heterocycles. The minimum Gasteiger partial charge on any atom is -0.490 e. The van der Waals surface area contributed by atoms with E-state index in [1.807, 2.05) is 34.6 Å². The number of benzene rings is 1. The van der Waals surface area contributed by atoms with Crippen LogP contribution in [-0.2, 0) is 9.53 Å². The maximum absolute atomic E-state index is 12.1. The third-order valence-corrected chi connectivity index (χ3v) is 3.50. The van der Waals surface area contributed by atoms with Gasteiger partial charge in [-0.15, -0.1) is 0 Å². The smallest absolute Gasteiger partial charge is 0.338 e. The van der Waals surface area contributed by atoms with Crippen LogP contribution in [0.5, 0.6) is 11.5 Å². The average molecular weight is 337 g/mol. The zero-order chi connectivity index (χ0) is 18.1. The van der Waals surface area contributed by atoms with Crippen LogP contribution in [0, 0.1) is 5.92 Å². The lowest BCUT2D eigenvalue weighted by Gasteiger charge is -2.17. The minimum absolute atomic E-state index is 0.0197. The molecule has 1 atom stereocenters. The van der Waals surface area contributed by atoms with Gasteiger partial charge >= 0.3 is 5.97 Å². The van der Waals surface area contributed by atoms with Gasteiger partial charge < -0.3 is 19.5 Å². The summed E-state index contributed by atoms with van der Waals surface area (Å²) in [5, 5.41) is 2.78. The van der Waals surface area contributed by atoms with Gasteiger partial charge in [-0.25, -0.2) is 4.79 Å². The summed E-state index contributed by atoms with van der Waals surface area (Å²) in [5.74, 6) is 0.461. The summed E-state index contributed by atoms with van der Waals surface area (Å²) in [6.07, 6.45) is 0. The Balaban J connectivity index is 2.67. The molecule has 1 aromatic carbocycles. The van der Waals surface area contributed by atoms with Crippen molar-refractivity contribution in [1.82, 2.24) is 5.32 Å². The highest BCUT2D eigenvalue weighted by Crippen LogP contribution is 2.28. The molecule has 1 amide bonds. The SMILES string of the molecule is CCOc1ccc(C(=O)OCC(=O)N[C@H](C)C(C)C)cc1OCC. The Bertz CT molecular complexity index is 556. The molecule has 1 rings (SSSR count). The fourth-order valence-corrected chi connectivity index (χ4v) is 1.85. The fourth-order valence-electron chi connectivity index (χ4n) is 1.85. The van der Waals surface area contributed by atoms with Gasteiger partial charge in [0, 0.05) is 6.04 Å². The Morgan fingerprint density at radius 1 is 1.04 bits per heavy atom. The predicted octanol–water partition coefficient (Wildman–Crippen LogP) is 2.80. The molecule has 0 aliphatic rings. The highest BCUT2D eigenvalue weighted by molar-refractivity contribution is 5.92. The second-order valence-corrected chi connectivity index (χ2v) is 5.70. The highest BCUT2D eigenvalue weighted by Gasteiger charge is 2.16. The number of rotatable bonds is 9. The second kappa shape index (κ2) is 9.80. The molecule has 0 heterocycles. The van der Waals surface area contributed by atoms with Gasteiger partial charge in [0.05, 0.1) is 18.8 Å². The summed E-state index contributed by atoms with van der Waals surface area (Å²) in [6.45, 7) is 10.3. The van der Waals surface area contributed by atoms with Crippen molar-refractivity contribution in [2.75, 3.05) is 19.8 Å². The molecule has 0 aliphatic heterocycles. The predicted molar refractivity (Wildman–Crippen MR) is 91.5 cm³/mol. The number of amides is 1. The van der Waals surface area contributed by atoms with E-state index in [-0.39, 0.29) is 18.6 Å². The van der Waals surface area contributed by atoms with Crippen LogP contribution < -0.4 is 14.8 Å². The zero-order valence-electron chi connectivity index (χ0n) is 15.0. The van der Waals surface area contributed by atoms with Gasteiger partial charge in [-0.1, -0.05) is 13.8 Å². The molecular formula is C18H27NO5. The summed E-state index contributed by atoms with van der Waals surface area (Å²) in [5.41, 5.74) is 0.312. The second-order valence-electron chi connectivity index (χ2n) is 5.70. The van der Waals surface area contributed by atoms with Crippen LogP contribution in [0.25, 0.3) is 0 Å². The van der Waals surface area contributed by atoms with Gasteiger partial charge in [0.2, 0.25) is 0 Å². The van der Waals surface area contributed by atoms with Crippen molar-refractivity contribution in [1.29, 1.82) is 0 Å². The number of esters is 1. The zero-order valence-corrected chi connectivity index (χ0v) is 15.0. The number of ether oxygens (including phenoxy) is 3. The van der Waals surface area contributed by atoms with Crippen LogP contribution in [0.4, 0.5) is 0 Å². The summed E-state index contributed by atoms with van der Waals surface area (Å²) >= 11 is 0. The van der Waals surface area contributed by atoms with Gasteiger partial charge in [-0.3, -0.25) is 4.79 Å². The van der Waals surface area contributed by atoms with Gasteiger partial charge in [0.1, 0.15) is 0 Å². The lowest BCUT2D eigenvalue weighted by Crippen LogP contribution is -2.38. The molecule has 0 aromatic heterocycles. The first-order chi connectivity index (χ1) is 11.4. The largest absolute Gasteiger partial charge is 0.490 e. The summed E-state index contributed by atoms with van der Waals surface area (Å²) in [6, 6.07) is 4.83. The van der Waals surface area contributed by atoms with Crippen LogP contribution in [0.3, 0.4) is 0 Å². The normalized spacial score (nSPS) is 11.8. The molecule has 0 spiro atoms. The van der Waals surface area contributed by atoms with Gasteiger partial charge in [-0.2, -0.15) is 0 Å². The maximum atomic E-state index is 12.1. The molecule has 6 nitrogen and oxygen atoms in total. The Morgan fingerprint density at radius 2 is 1.67 bits per heavy atom. The number of carbonyl (C=O) groups is 2. The number of carbonyl (C=O) groups excluding carboxylic acids is 2. The maximum Gasteiger partial charge on any atom is 0.338 e. The highest BCUT2D eigenvalue weighted by atomic mass is 16.5. The molecule has 0 aliphatic carbocycles. The van der Waals surface area contributed by atoms with E-state index >= 15 is 0 Å². The average Bonchev–Trinajstić information content (AvgIpc) is 2.54. The third kappa shape index (κ3) is 6.10. The Morgan fingerprint density at radius 3 is 2.25 bits per heavy atom. The van der Waals surface area contributed by atoms with Crippen LogP contribution in [0.1, 0.15) is 45.0 Å². The van der Waals surface area contributed by atoms with E-state index < -0.39 is 5.97 Å². The topological polar surface area (TPSA) is 73.9 Å². The molecule has 0 fully saturated rings. The first-order valence-corrected chi connectivity index (χ1v) is 8.25. The Hall–Kier alpha value is -2.24. The van der Waals surface area contributed by atoms with E-state index in [0.29, 0.717) is 36.2 Å². The lowest BCUT2D eigenvalue weighted by molar-refractivity contribution is -0.125. The van der Waals surface area contributed by atoms with Gasteiger partial charge in [0.25, 0.3) is 5.91 Å². The summed E-state index contributed by atoms with van der Waals surface area (Å²) in [4.78, 5) is 23.9. The number of hydrogen-bond acceptors (Lipinski definition) is 5.